The van der Waals surface area contributed by atoms with Crippen molar-refractivity contribution in [1.82, 2.24) is 4.90 Å². The Hall–Kier alpha value is -2.08. The van der Waals surface area contributed by atoms with Gasteiger partial charge in [0.15, 0.2) is 0 Å². The van der Waals surface area contributed by atoms with E-state index < -0.39 is 11.5 Å². The number of carbonyl (C=O) groups excluding carboxylic acids is 2. The largest absolute Gasteiger partial charge is 0.399 e. The van der Waals surface area contributed by atoms with E-state index in [0.29, 0.717) is 5.69 Å². The number of amides is 2. The van der Waals surface area contributed by atoms with Crippen LogP contribution in [0, 0.1) is 0 Å². The van der Waals surface area contributed by atoms with E-state index in [9.17, 15) is 9.59 Å². The Morgan fingerprint density at radius 1 is 1.25 bits per heavy atom. The quantitative estimate of drug-likeness (QED) is 0.741. The fourth-order valence-electron chi connectivity index (χ4n) is 1.70. The zero-order chi connectivity index (χ0) is 15.3. The van der Waals surface area contributed by atoms with Gasteiger partial charge in [0.25, 0.3) is 5.91 Å². The van der Waals surface area contributed by atoms with E-state index in [-0.39, 0.29) is 19.0 Å². The summed E-state index contributed by atoms with van der Waals surface area (Å²) < 4.78 is 5.16. The Kier molecular flexibility index (Phi) is 5.10. The van der Waals surface area contributed by atoms with E-state index in [2.05, 4.69) is 0 Å². The first-order chi connectivity index (χ1) is 9.26. The van der Waals surface area contributed by atoms with Gasteiger partial charge in [0.05, 0.1) is 6.54 Å². The lowest BCUT2D eigenvalue weighted by atomic mass is 10.1. The van der Waals surface area contributed by atoms with Crippen molar-refractivity contribution in [1.29, 1.82) is 0 Å². The lowest BCUT2D eigenvalue weighted by Gasteiger charge is -2.30. The number of nitrogens with zero attached hydrogens (tertiary/aromatic N) is 1. The number of hydrogen-bond donors (Lipinski definition) is 2. The highest BCUT2D eigenvalue weighted by molar-refractivity contribution is 5.88. The molecule has 1 aromatic carbocycles. The van der Waals surface area contributed by atoms with Crippen molar-refractivity contribution in [2.24, 2.45) is 5.73 Å². The third-order valence-corrected chi connectivity index (χ3v) is 3.01. The summed E-state index contributed by atoms with van der Waals surface area (Å²) in [5.74, 6) is -0.865. The van der Waals surface area contributed by atoms with Crippen molar-refractivity contribution < 1.29 is 14.3 Å². The molecule has 4 N–H and O–H groups in total. The van der Waals surface area contributed by atoms with Gasteiger partial charge in [-0.2, -0.15) is 0 Å². The average molecular weight is 279 g/mol. The van der Waals surface area contributed by atoms with Gasteiger partial charge in [-0.25, -0.2) is 0 Å². The molecule has 1 aromatic rings. The van der Waals surface area contributed by atoms with Crippen LogP contribution in [0.1, 0.15) is 19.4 Å². The van der Waals surface area contributed by atoms with Crippen LogP contribution in [0.15, 0.2) is 24.3 Å². The van der Waals surface area contributed by atoms with Crippen molar-refractivity contribution in [3.8, 4) is 0 Å². The summed E-state index contributed by atoms with van der Waals surface area (Å²) in [7, 11) is 1.45. The summed E-state index contributed by atoms with van der Waals surface area (Å²) in [5.41, 5.74) is 11.3. The SMILES string of the molecule is COC(C)(C)C(=O)N(CC(N)=O)Cc1ccc(N)cc1. The maximum Gasteiger partial charge on any atom is 0.254 e. The fourth-order valence-corrected chi connectivity index (χ4v) is 1.70. The minimum Gasteiger partial charge on any atom is -0.399 e. The molecule has 0 radical (unpaired) electrons. The number of nitrogens with two attached hydrogens (primary N) is 2. The molecule has 6 heteroatoms. The van der Waals surface area contributed by atoms with E-state index in [1.807, 2.05) is 0 Å². The van der Waals surface area contributed by atoms with E-state index in [4.69, 9.17) is 16.2 Å². The van der Waals surface area contributed by atoms with E-state index >= 15 is 0 Å². The molecule has 0 saturated carbocycles. The lowest BCUT2D eigenvalue weighted by Crippen LogP contribution is -2.48. The minimum absolute atomic E-state index is 0.157. The molecule has 0 spiro atoms. The summed E-state index contributed by atoms with van der Waals surface area (Å²) >= 11 is 0. The van der Waals surface area contributed by atoms with E-state index in [0.717, 1.165) is 5.56 Å². The van der Waals surface area contributed by atoms with Gasteiger partial charge in [0.1, 0.15) is 5.60 Å². The Morgan fingerprint density at radius 3 is 2.25 bits per heavy atom. The van der Waals surface area contributed by atoms with Crippen LogP contribution < -0.4 is 11.5 Å². The Morgan fingerprint density at radius 2 is 1.80 bits per heavy atom. The number of methoxy groups -OCH3 is 1. The average Bonchev–Trinajstić information content (AvgIpc) is 2.39. The third kappa shape index (κ3) is 4.24. The van der Waals surface area contributed by atoms with Gasteiger partial charge >= 0.3 is 0 Å². The molecule has 0 bridgehead atoms. The van der Waals surface area contributed by atoms with Crippen molar-refractivity contribution in [2.75, 3.05) is 19.4 Å². The molecular formula is C14H21N3O3. The van der Waals surface area contributed by atoms with Crippen LogP contribution >= 0.6 is 0 Å². The molecule has 0 heterocycles. The van der Waals surface area contributed by atoms with Crippen LogP contribution in [-0.2, 0) is 20.9 Å². The van der Waals surface area contributed by atoms with Crippen molar-refractivity contribution in [2.45, 2.75) is 26.0 Å². The number of benzene rings is 1. The van der Waals surface area contributed by atoms with Crippen LogP contribution in [0.5, 0.6) is 0 Å². The van der Waals surface area contributed by atoms with Gasteiger partial charge in [-0.1, -0.05) is 12.1 Å². The molecular weight excluding hydrogens is 258 g/mol. The third-order valence-electron chi connectivity index (χ3n) is 3.01. The zero-order valence-electron chi connectivity index (χ0n) is 12.1. The molecule has 0 aliphatic rings. The Balaban J connectivity index is 2.92. The monoisotopic (exact) mass is 279 g/mol. The van der Waals surface area contributed by atoms with Crippen molar-refractivity contribution in [3.63, 3.8) is 0 Å². The fraction of sp³-hybridized carbons (Fsp3) is 0.429. The standard InChI is InChI=1S/C14H21N3O3/c1-14(2,20-3)13(19)17(9-12(16)18)8-10-4-6-11(15)7-5-10/h4-7H,8-9,15H2,1-3H3,(H2,16,18). The van der Waals surface area contributed by atoms with Crippen LogP contribution in [0.2, 0.25) is 0 Å². The second kappa shape index (κ2) is 6.38. The number of rotatable bonds is 6. The topological polar surface area (TPSA) is 98.6 Å². The van der Waals surface area contributed by atoms with Gasteiger partial charge in [0.2, 0.25) is 5.91 Å². The first-order valence-electron chi connectivity index (χ1n) is 6.23. The van der Waals surface area contributed by atoms with E-state index in [1.54, 1.807) is 38.1 Å². The zero-order valence-corrected chi connectivity index (χ0v) is 12.1. The summed E-state index contributed by atoms with van der Waals surface area (Å²) in [5, 5.41) is 0. The minimum atomic E-state index is -1.01. The second-order valence-electron chi connectivity index (χ2n) is 5.08. The van der Waals surface area contributed by atoms with Crippen LogP contribution in [0.25, 0.3) is 0 Å². The highest BCUT2D eigenvalue weighted by Crippen LogP contribution is 2.15. The predicted octanol–water partition coefficient (Wildman–Crippen LogP) is 0.508. The summed E-state index contributed by atoms with van der Waals surface area (Å²) in [6.07, 6.45) is 0. The second-order valence-corrected chi connectivity index (χ2v) is 5.08. The van der Waals surface area contributed by atoms with Crippen LogP contribution in [0.3, 0.4) is 0 Å². The summed E-state index contributed by atoms with van der Waals surface area (Å²) in [6, 6.07) is 7.08. The number of ether oxygens (including phenoxy) is 1. The number of anilines is 1. The van der Waals surface area contributed by atoms with Crippen molar-refractivity contribution in [3.05, 3.63) is 29.8 Å². The molecule has 110 valence electrons. The van der Waals surface area contributed by atoms with Crippen LogP contribution in [0.4, 0.5) is 5.69 Å². The van der Waals surface area contributed by atoms with Gasteiger partial charge in [-0.05, 0) is 31.5 Å². The lowest BCUT2D eigenvalue weighted by molar-refractivity contribution is -0.153. The van der Waals surface area contributed by atoms with E-state index in [1.165, 1.54) is 12.0 Å². The molecule has 0 aromatic heterocycles. The molecule has 0 unspecified atom stereocenters. The number of nitrogen functional groups attached to an aromatic ring is 1. The molecule has 0 aliphatic heterocycles. The molecule has 0 saturated heterocycles. The molecule has 0 fully saturated rings. The number of hydrogen-bond acceptors (Lipinski definition) is 4. The van der Waals surface area contributed by atoms with Gasteiger partial charge in [-0.3, -0.25) is 9.59 Å². The molecule has 20 heavy (non-hydrogen) atoms. The first-order valence-corrected chi connectivity index (χ1v) is 6.23. The number of carbonyl (C=O) groups is 2. The van der Waals surface area contributed by atoms with Gasteiger partial charge in [0, 0.05) is 19.3 Å². The smallest absolute Gasteiger partial charge is 0.254 e. The summed E-state index contributed by atoms with van der Waals surface area (Å²) in [6.45, 7) is 3.41. The molecule has 0 aliphatic carbocycles. The first kappa shape index (κ1) is 16.0. The molecule has 6 nitrogen and oxygen atoms in total. The molecule has 0 atom stereocenters. The highest BCUT2D eigenvalue weighted by Gasteiger charge is 2.32. The predicted molar refractivity (Wildman–Crippen MR) is 76.6 cm³/mol. The summed E-state index contributed by atoms with van der Waals surface area (Å²) in [4.78, 5) is 24.9. The maximum absolute atomic E-state index is 12.4. The Labute approximate surface area is 118 Å². The molecule has 1 rings (SSSR count). The van der Waals surface area contributed by atoms with Gasteiger partial charge < -0.3 is 21.1 Å². The molecule has 2 amide bonds. The van der Waals surface area contributed by atoms with Crippen LogP contribution in [-0.4, -0.2) is 36.0 Å². The maximum atomic E-state index is 12.4. The van der Waals surface area contributed by atoms with Crippen molar-refractivity contribution >= 4 is 17.5 Å². The highest BCUT2D eigenvalue weighted by atomic mass is 16.5. The number of primary amides is 1. The van der Waals surface area contributed by atoms with Gasteiger partial charge in [-0.15, -0.1) is 0 Å². The normalized spacial score (nSPS) is 11.2. The Bertz CT molecular complexity index is 483.